The molecule has 1 N–H and O–H groups in total. The molecule has 3 heteroatoms. The Balaban J connectivity index is 1.60. The fourth-order valence-corrected chi connectivity index (χ4v) is 7.58. The van der Waals surface area contributed by atoms with Gasteiger partial charge in [-0.1, -0.05) is 26.7 Å². The Bertz CT molecular complexity index is 517. The van der Waals surface area contributed by atoms with Crippen molar-refractivity contribution < 1.29 is 14.6 Å². The highest BCUT2D eigenvalue weighted by Crippen LogP contribution is 2.66. The summed E-state index contributed by atoms with van der Waals surface area (Å²) >= 11 is 0. The van der Waals surface area contributed by atoms with E-state index < -0.39 is 6.10 Å². The molecule has 0 aliphatic heterocycles. The van der Waals surface area contributed by atoms with Crippen LogP contribution in [-0.4, -0.2) is 23.3 Å². The molecule has 136 valence electrons. The Morgan fingerprint density at radius 2 is 1.79 bits per heavy atom. The topological polar surface area (TPSA) is 46.5 Å². The van der Waals surface area contributed by atoms with Crippen LogP contribution in [0.5, 0.6) is 0 Å². The summed E-state index contributed by atoms with van der Waals surface area (Å²) in [4.78, 5) is 11.4. The van der Waals surface area contributed by atoms with Crippen LogP contribution in [0.3, 0.4) is 0 Å². The average molecular weight is 335 g/mol. The SMILES string of the molecule is CC(=O)OC1CC2C3CC[C@H]4CCCCC4(C)C3CCC2(C)[C@@H]1O. The van der Waals surface area contributed by atoms with Crippen molar-refractivity contribution in [2.24, 2.45) is 34.5 Å². The van der Waals surface area contributed by atoms with E-state index in [2.05, 4.69) is 13.8 Å². The number of ether oxygens (including phenoxy) is 1. The number of esters is 1. The van der Waals surface area contributed by atoms with E-state index in [1.165, 1.54) is 51.9 Å². The number of carbonyl (C=O) groups excluding carboxylic acids is 1. The predicted octanol–water partition coefficient (Wildman–Crippen LogP) is 4.32. The fraction of sp³-hybridized carbons (Fsp3) is 0.952. The Morgan fingerprint density at radius 3 is 2.54 bits per heavy atom. The van der Waals surface area contributed by atoms with Crippen molar-refractivity contribution in [2.75, 3.05) is 0 Å². The van der Waals surface area contributed by atoms with Crippen LogP contribution in [0.2, 0.25) is 0 Å². The lowest BCUT2D eigenvalue weighted by Crippen LogP contribution is -2.53. The summed E-state index contributed by atoms with van der Waals surface area (Å²) in [5.41, 5.74) is 0.464. The van der Waals surface area contributed by atoms with Crippen LogP contribution in [0.25, 0.3) is 0 Å². The molecule has 8 atom stereocenters. The molecular weight excluding hydrogens is 300 g/mol. The first kappa shape index (κ1) is 16.9. The number of hydrogen-bond acceptors (Lipinski definition) is 3. The number of aliphatic hydroxyl groups is 1. The second-order valence-corrected chi connectivity index (χ2v) is 9.78. The molecule has 4 saturated carbocycles. The number of fused-ring (bicyclic) bond motifs is 5. The van der Waals surface area contributed by atoms with Crippen molar-refractivity contribution in [1.82, 2.24) is 0 Å². The summed E-state index contributed by atoms with van der Waals surface area (Å²) in [7, 11) is 0. The number of aliphatic hydroxyl groups excluding tert-OH is 1. The highest BCUT2D eigenvalue weighted by Gasteiger charge is 2.62. The van der Waals surface area contributed by atoms with E-state index in [9.17, 15) is 9.90 Å². The minimum atomic E-state index is -0.482. The van der Waals surface area contributed by atoms with Crippen LogP contribution < -0.4 is 0 Å². The van der Waals surface area contributed by atoms with Crippen LogP contribution in [-0.2, 0) is 9.53 Å². The molecule has 3 nitrogen and oxygen atoms in total. The van der Waals surface area contributed by atoms with Gasteiger partial charge >= 0.3 is 5.97 Å². The molecule has 0 aromatic rings. The third-order valence-electron chi connectivity index (χ3n) is 8.85. The van der Waals surface area contributed by atoms with Crippen molar-refractivity contribution in [3.05, 3.63) is 0 Å². The van der Waals surface area contributed by atoms with Gasteiger partial charge in [-0.25, -0.2) is 0 Å². The zero-order chi connectivity index (χ0) is 17.1. The normalized spacial score (nSPS) is 53.7. The molecule has 0 heterocycles. The van der Waals surface area contributed by atoms with E-state index in [4.69, 9.17) is 4.74 Å². The minimum absolute atomic E-state index is 0.0564. The van der Waals surface area contributed by atoms with Crippen LogP contribution in [0.15, 0.2) is 0 Å². The van der Waals surface area contributed by atoms with E-state index in [1.807, 2.05) is 0 Å². The lowest BCUT2D eigenvalue weighted by molar-refractivity contribution is -0.154. The van der Waals surface area contributed by atoms with Crippen molar-refractivity contribution in [2.45, 2.75) is 90.8 Å². The van der Waals surface area contributed by atoms with Crippen LogP contribution in [0, 0.1) is 34.5 Å². The molecule has 4 aliphatic rings. The minimum Gasteiger partial charge on any atom is -0.460 e. The van der Waals surface area contributed by atoms with Gasteiger partial charge in [0.2, 0.25) is 0 Å². The Kier molecular flexibility index (Phi) is 4.02. The highest BCUT2D eigenvalue weighted by molar-refractivity contribution is 5.66. The second kappa shape index (κ2) is 5.72. The Morgan fingerprint density at radius 1 is 1.00 bits per heavy atom. The van der Waals surface area contributed by atoms with Crippen LogP contribution in [0.1, 0.15) is 78.6 Å². The summed E-state index contributed by atoms with van der Waals surface area (Å²) in [5.74, 6) is 2.74. The molecule has 4 aliphatic carbocycles. The summed E-state index contributed by atoms with van der Waals surface area (Å²) in [6.45, 7) is 6.30. The van der Waals surface area contributed by atoms with E-state index in [0.29, 0.717) is 11.3 Å². The summed E-state index contributed by atoms with van der Waals surface area (Å²) in [5, 5.41) is 10.9. The monoisotopic (exact) mass is 334 g/mol. The average Bonchev–Trinajstić information content (AvgIpc) is 2.78. The quantitative estimate of drug-likeness (QED) is 0.726. The highest BCUT2D eigenvalue weighted by atomic mass is 16.6. The van der Waals surface area contributed by atoms with Gasteiger partial charge in [0.15, 0.2) is 0 Å². The zero-order valence-corrected chi connectivity index (χ0v) is 15.6. The lowest BCUT2D eigenvalue weighted by Gasteiger charge is -2.60. The molecule has 0 spiro atoms. The van der Waals surface area contributed by atoms with E-state index in [1.54, 1.807) is 0 Å². The first-order valence-corrected chi connectivity index (χ1v) is 10.2. The van der Waals surface area contributed by atoms with Gasteiger partial charge in [0.1, 0.15) is 6.10 Å². The third-order valence-corrected chi connectivity index (χ3v) is 8.85. The molecule has 6 unspecified atom stereocenters. The molecule has 0 radical (unpaired) electrons. The molecular formula is C21H34O3. The van der Waals surface area contributed by atoms with Crippen molar-refractivity contribution >= 4 is 5.97 Å². The molecule has 0 saturated heterocycles. The number of carbonyl (C=O) groups is 1. The van der Waals surface area contributed by atoms with E-state index in [0.717, 1.165) is 30.6 Å². The summed E-state index contributed by atoms with van der Waals surface area (Å²) in [6.07, 6.45) is 10.8. The van der Waals surface area contributed by atoms with Crippen LogP contribution in [0.4, 0.5) is 0 Å². The maximum atomic E-state index is 11.4. The maximum Gasteiger partial charge on any atom is 0.302 e. The van der Waals surface area contributed by atoms with Gasteiger partial charge in [-0.05, 0) is 74.0 Å². The molecule has 24 heavy (non-hydrogen) atoms. The second-order valence-electron chi connectivity index (χ2n) is 9.78. The Hall–Kier alpha value is -0.570. The Labute approximate surface area is 146 Å². The van der Waals surface area contributed by atoms with Gasteiger partial charge in [0.05, 0.1) is 6.10 Å². The molecule has 4 rings (SSSR count). The van der Waals surface area contributed by atoms with E-state index >= 15 is 0 Å². The largest absolute Gasteiger partial charge is 0.460 e. The first-order valence-electron chi connectivity index (χ1n) is 10.2. The van der Waals surface area contributed by atoms with Crippen molar-refractivity contribution in [1.29, 1.82) is 0 Å². The molecule has 0 amide bonds. The lowest BCUT2D eigenvalue weighted by atomic mass is 9.45. The standard InChI is InChI=1S/C21H34O3/c1-13(22)24-18-12-17-15-8-7-14-6-4-5-10-20(14,2)16(15)9-11-21(17,3)19(18)23/h14-19,23H,4-12H2,1-3H3/t14-,15?,16?,17?,18?,19-,20?,21?/m1/s1. The van der Waals surface area contributed by atoms with Crippen LogP contribution >= 0.6 is 0 Å². The molecule has 4 fully saturated rings. The van der Waals surface area contributed by atoms with Gasteiger partial charge < -0.3 is 9.84 Å². The fourth-order valence-electron chi connectivity index (χ4n) is 7.58. The predicted molar refractivity (Wildman–Crippen MR) is 93.3 cm³/mol. The maximum absolute atomic E-state index is 11.4. The summed E-state index contributed by atoms with van der Waals surface area (Å²) in [6, 6.07) is 0. The van der Waals surface area contributed by atoms with Gasteiger partial charge in [-0.15, -0.1) is 0 Å². The third kappa shape index (κ3) is 2.29. The number of hydrogen-bond donors (Lipinski definition) is 1. The van der Waals surface area contributed by atoms with Gasteiger partial charge in [0, 0.05) is 12.3 Å². The smallest absolute Gasteiger partial charge is 0.302 e. The first-order chi connectivity index (χ1) is 11.4. The van der Waals surface area contributed by atoms with Gasteiger partial charge in [-0.3, -0.25) is 4.79 Å². The van der Waals surface area contributed by atoms with E-state index in [-0.39, 0.29) is 17.5 Å². The van der Waals surface area contributed by atoms with Gasteiger partial charge in [0.25, 0.3) is 0 Å². The van der Waals surface area contributed by atoms with Crippen molar-refractivity contribution in [3.8, 4) is 0 Å². The summed E-state index contributed by atoms with van der Waals surface area (Å²) < 4.78 is 5.50. The van der Waals surface area contributed by atoms with Crippen molar-refractivity contribution in [3.63, 3.8) is 0 Å². The number of rotatable bonds is 1. The molecule has 0 bridgehead atoms. The molecule has 0 aromatic carbocycles. The zero-order valence-electron chi connectivity index (χ0n) is 15.6. The van der Waals surface area contributed by atoms with Gasteiger partial charge in [-0.2, -0.15) is 0 Å². The molecule has 0 aromatic heterocycles.